The summed E-state index contributed by atoms with van der Waals surface area (Å²) < 4.78 is 0. The highest BCUT2D eigenvalue weighted by molar-refractivity contribution is 6.50. The molecule has 25 heavy (non-hydrogen) atoms. The lowest BCUT2D eigenvalue weighted by Crippen LogP contribution is -2.52. The van der Waals surface area contributed by atoms with E-state index in [0.717, 1.165) is 19.3 Å². The smallest absolute Gasteiger partial charge is 0.233 e. The van der Waals surface area contributed by atoms with E-state index in [1.54, 1.807) is 6.92 Å². The van der Waals surface area contributed by atoms with Gasteiger partial charge in [0.1, 0.15) is 5.76 Å². The van der Waals surface area contributed by atoms with Gasteiger partial charge in [-0.05, 0) is 30.6 Å². The molecule has 1 saturated carbocycles. The summed E-state index contributed by atoms with van der Waals surface area (Å²) in [5.74, 6) is -2.23. The second-order valence-electron chi connectivity index (χ2n) is 8.86. The lowest BCUT2D eigenvalue weighted by atomic mass is 9.48. The highest BCUT2D eigenvalue weighted by Gasteiger charge is 2.57. The largest absolute Gasteiger partial charge is 0.507 e. The van der Waals surface area contributed by atoms with Gasteiger partial charge < -0.3 is 15.3 Å². The summed E-state index contributed by atoms with van der Waals surface area (Å²) in [5, 5.41) is 30.9. The fraction of sp³-hybridized carbons (Fsp3) is 0.700. The maximum absolute atomic E-state index is 13.0. The molecule has 0 bridgehead atoms. The van der Waals surface area contributed by atoms with Gasteiger partial charge in [0.2, 0.25) is 11.6 Å². The maximum Gasteiger partial charge on any atom is 0.233 e. The van der Waals surface area contributed by atoms with Crippen LogP contribution < -0.4 is 0 Å². The second kappa shape index (κ2) is 5.78. The van der Waals surface area contributed by atoms with E-state index in [-0.39, 0.29) is 34.8 Å². The Bertz CT molecular complexity index is 699. The van der Waals surface area contributed by atoms with Crippen LogP contribution in [0.1, 0.15) is 53.4 Å². The van der Waals surface area contributed by atoms with Gasteiger partial charge in [0.25, 0.3) is 0 Å². The number of allylic oxidation sites excluding steroid dienone is 1. The molecule has 3 aliphatic rings. The van der Waals surface area contributed by atoms with Crippen molar-refractivity contribution in [2.24, 2.45) is 22.7 Å². The van der Waals surface area contributed by atoms with E-state index >= 15 is 0 Å². The minimum Gasteiger partial charge on any atom is -0.507 e. The Morgan fingerprint density at radius 1 is 1.16 bits per heavy atom. The van der Waals surface area contributed by atoms with Crippen LogP contribution in [0.4, 0.5) is 0 Å². The number of aliphatic hydroxyl groups is 3. The molecule has 3 N–H and O–H groups in total. The molecule has 3 rings (SSSR count). The molecule has 1 fully saturated rings. The quantitative estimate of drug-likeness (QED) is 0.526. The fourth-order valence-corrected chi connectivity index (χ4v) is 5.51. The van der Waals surface area contributed by atoms with E-state index in [1.807, 2.05) is 6.92 Å². The molecule has 0 heterocycles. The summed E-state index contributed by atoms with van der Waals surface area (Å²) in [6.45, 7) is 7.55. The summed E-state index contributed by atoms with van der Waals surface area (Å²) >= 11 is 0. The van der Waals surface area contributed by atoms with Gasteiger partial charge in [0.15, 0.2) is 0 Å². The topological polar surface area (TPSA) is 94.8 Å². The lowest BCUT2D eigenvalue weighted by molar-refractivity contribution is -0.135. The second-order valence-corrected chi connectivity index (χ2v) is 8.86. The first-order valence-corrected chi connectivity index (χ1v) is 9.12. The predicted octanol–water partition coefficient (Wildman–Crippen LogP) is 2.47. The van der Waals surface area contributed by atoms with E-state index in [0.29, 0.717) is 12.0 Å². The zero-order valence-electron chi connectivity index (χ0n) is 15.4. The number of Topliss-reactive ketones (excluding diaryl/α,β-unsaturated/α-hetero) is 2. The number of carbonyl (C=O) groups is 2. The van der Waals surface area contributed by atoms with Crippen LogP contribution in [0.2, 0.25) is 0 Å². The first-order chi connectivity index (χ1) is 11.6. The van der Waals surface area contributed by atoms with Gasteiger partial charge in [-0.3, -0.25) is 9.59 Å². The number of fused-ring (bicyclic) bond motifs is 2. The van der Waals surface area contributed by atoms with E-state index < -0.39 is 29.0 Å². The Morgan fingerprint density at radius 2 is 1.80 bits per heavy atom. The van der Waals surface area contributed by atoms with Crippen molar-refractivity contribution < 1.29 is 24.9 Å². The van der Waals surface area contributed by atoms with Gasteiger partial charge in [-0.2, -0.15) is 0 Å². The van der Waals surface area contributed by atoms with E-state index in [9.17, 15) is 24.9 Å². The molecule has 0 unspecified atom stereocenters. The van der Waals surface area contributed by atoms with Crippen molar-refractivity contribution in [3.05, 3.63) is 22.5 Å². The van der Waals surface area contributed by atoms with Crippen LogP contribution in [0, 0.1) is 22.7 Å². The van der Waals surface area contributed by atoms with Crippen LogP contribution in [0.3, 0.4) is 0 Å². The molecule has 0 amide bonds. The van der Waals surface area contributed by atoms with Crippen molar-refractivity contribution in [3.63, 3.8) is 0 Å². The molecule has 0 radical (unpaired) electrons. The summed E-state index contributed by atoms with van der Waals surface area (Å²) in [6, 6.07) is 0. The summed E-state index contributed by atoms with van der Waals surface area (Å²) in [6.07, 6.45) is 2.22. The lowest BCUT2D eigenvalue weighted by Gasteiger charge is -2.56. The van der Waals surface area contributed by atoms with E-state index in [2.05, 4.69) is 13.8 Å². The molecular formula is C20H28O5. The molecule has 3 aliphatic carbocycles. The number of hydrogen-bond acceptors (Lipinski definition) is 5. The molecule has 0 aromatic carbocycles. The van der Waals surface area contributed by atoms with Crippen molar-refractivity contribution in [2.75, 3.05) is 6.61 Å². The van der Waals surface area contributed by atoms with Crippen molar-refractivity contribution in [1.82, 2.24) is 0 Å². The highest BCUT2D eigenvalue weighted by Crippen LogP contribution is 2.61. The zero-order valence-corrected chi connectivity index (χ0v) is 15.4. The van der Waals surface area contributed by atoms with Crippen LogP contribution in [0.15, 0.2) is 22.5 Å². The standard InChI is InChI=1S/C20H28O5/c1-10(9-21)13-16(23)14-11(22)8-12-19(2,3)6-5-7-20(12,4)15(14)18(25)17(13)24/h10-12,21-23H,5-9H2,1-4H3/t10-,11+,12-,20-/m0/s1. The third kappa shape index (κ3) is 2.43. The van der Waals surface area contributed by atoms with Crippen molar-refractivity contribution >= 4 is 11.6 Å². The van der Waals surface area contributed by atoms with Gasteiger partial charge in [0, 0.05) is 29.1 Å². The third-order valence-electron chi connectivity index (χ3n) is 6.82. The molecule has 0 aromatic heterocycles. The average molecular weight is 348 g/mol. The first-order valence-electron chi connectivity index (χ1n) is 9.12. The monoisotopic (exact) mass is 348 g/mol. The Kier molecular flexibility index (Phi) is 4.24. The first kappa shape index (κ1) is 18.3. The van der Waals surface area contributed by atoms with Crippen LogP contribution in [0.25, 0.3) is 0 Å². The van der Waals surface area contributed by atoms with Crippen molar-refractivity contribution in [3.8, 4) is 0 Å². The van der Waals surface area contributed by atoms with E-state index in [1.165, 1.54) is 0 Å². The Morgan fingerprint density at radius 3 is 2.40 bits per heavy atom. The molecule has 5 heteroatoms. The van der Waals surface area contributed by atoms with Gasteiger partial charge >= 0.3 is 0 Å². The SMILES string of the molecule is C[C@@H](CO)C1=C(O)C2=C(C(=O)C1=O)[C@@]1(C)CCCC(C)(C)[C@@H]1C[C@H]2O. The minimum absolute atomic E-state index is 0.0478. The molecule has 0 spiro atoms. The van der Waals surface area contributed by atoms with Gasteiger partial charge in [-0.1, -0.05) is 34.1 Å². The number of aliphatic hydroxyl groups excluding tert-OH is 3. The van der Waals surface area contributed by atoms with Crippen LogP contribution in [-0.4, -0.2) is 39.6 Å². The van der Waals surface area contributed by atoms with Gasteiger partial charge in [0.05, 0.1) is 11.7 Å². The summed E-state index contributed by atoms with van der Waals surface area (Å²) in [7, 11) is 0. The Balaban J connectivity index is 2.25. The average Bonchev–Trinajstić information content (AvgIpc) is 2.53. The number of rotatable bonds is 2. The zero-order chi connectivity index (χ0) is 18.7. The van der Waals surface area contributed by atoms with Crippen LogP contribution in [-0.2, 0) is 9.59 Å². The number of carbonyl (C=O) groups excluding carboxylic acids is 2. The fourth-order valence-electron chi connectivity index (χ4n) is 5.51. The number of hydrogen-bond donors (Lipinski definition) is 3. The van der Waals surface area contributed by atoms with Crippen molar-refractivity contribution in [1.29, 1.82) is 0 Å². The molecule has 5 nitrogen and oxygen atoms in total. The Labute approximate surface area is 148 Å². The van der Waals surface area contributed by atoms with Crippen LogP contribution in [0.5, 0.6) is 0 Å². The molecule has 0 aromatic rings. The summed E-state index contributed by atoms with van der Waals surface area (Å²) in [5.41, 5.74) is -0.113. The molecule has 138 valence electrons. The van der Waals surface area contributed by atoms with Crippen molar-refractivity contribution in [2.45, 2.75) is 59.5 Å². The minimum atomic E-state index is -0.969. The molecular weight excluding hydrogens is 320 g/mol. The predicted molar refractivity (Wildman–Crippen MR) is 92.8 cm³/mol. The highest BCUT2D eigenvalue weighted by atomic mass is 16.3. The van der Waals surface area contributed by atoms with Gasteiger partial charge in [-0.25, -0.2) is 0 Å². The Hall–Kier alpha value is -1.46. The summed E-state index contributed by atoms with van der Waals surface area (Å²) in [4.78, 5) is 25.7. The normalized spacial score (nSPS) is 36.2. The van der Waals surface area contributed by atoms with E-state index in [4.69, 9.17) is 0 Å². The van der Waals surface area contributed by atoms with Crippen LogP contribution >= 0.6 is 0 Å². The third-order valence-corrected chi connectivity index (χ3v) is 6.82. The van der Waals surface area contributed by atoms with Gasteiger partial charge in [-0.15, -0.1) is 0 Å². The molecule has 0 saturated heterocycles. The maximum atomic E-state index is 13.0. The molecule has 0 aliphatic heterocycles. The number of ketones is 2. The molecule has 4 atom stereocenters.